The van der Waals surface area contributed by atoms with Crippen LogP contribution in [-0.4, -0.2) is 85.3 Å². The summed E-state index contributed by atoms with van der Waals surface area (Å²) in [4.78, 5) is 2.03. The van der Waals surface area contributed by atoms with Crippen LogP contribution in [0.5, 0.6) is 0 Å². The molecule has 1 N–H and O–H groups in total. The van der Waals surface area contributed by atoms with Crippen molar-refractivity contribution in [1.29, 1.82) is 0 Å². The fraction of sp³-hybridized carbons (Fsp3) is 1.00. The Bertz CT molecular complexity index is 221. The molecule has 24 heavy (non-hydrogen) atoms. The Kier molecular flexibility index (Phi) is 20.4. The van der Waals surface area contributed by atoms with Gasteiger partial charge in [0.25, 0.3) is 0 Å². The van der Waals surface area contributed by atoms with Crippen molar-refractivity contribution in [3.05, 3.63) is 0 Å². The lowest BCUT2D eigenvalue weighted by Crippen LogP contribution is -2.34. The van der Waals surface area contributed by atoms with E-state index in [9.17, 15) is 0 Å². The maximum atomic E-state index is 5.50. The Hall–Kier alpha value is -0.320. The molecule has 1 aliphatic heterocycles. The van der Waals surface area contributed by atoms with Crippen LogP contribution < -0.4 is 5.32 Å². The van der Waals surface area contributed by atoms with E-state index in [0.717, 1.165) is 39.1 Å². The van der Waals surface area contributed by atoms with Crippen molar-refractivity contribution >= 4 is 0 Å². The van der Waals surface area contributed by atoms with Crippen LogP contribution in [0.4, 0.5) is 0 Å². The van der Waals surface area contributed by atoms with Gasteiger partial charge >= 0.3 is 0 Å². The van der Waals surface area contributed by atoms with Crippen molar-refractivity contribution in [2.75, 3.05) is 80.4 Å². The minimum Gasteiger partial charge on any atom is -0.385 e. The lowest BCUT2D eigenvalue weighted by molar-refractivity contribution is -0.128. The molecule has 0 radical (unpaired) electrons. The maximum Gasteiger partial charge on any atom is 0.150 e. The minimum absolute atomic E-state index is 0.263. The van der Waals surface area contributed by atoms with Gasteiger partial charge < -0.3 is 28.4 Å². The first-order chi connectivity index (χ1) is 11.8. The highest BCUT2D eigenvalue weighted by Crippen LogP contribution is 1.94. The highest BCUT2D eigenvalue weighted by Gasteiger charge is 2.05. The summed E-state index contributed by atoms with van der Waals surface area (Å²) < 4.78 is 31.5. The Morgan fingerprint density at radius 3 is 2.42 bits per heavy atom. The topological polar surface area (TPSA) is 70.7 Å². The summed E-state index contributed by atoms with van der Waals surface area (Å²) in [6.45, 7) is 10.5. The maximum absolute atomic E-state index is 5.50. The molecule has 1 heterocycles. The molecule has 0 saturated carbocycles. The van der Waals surface area contributed by atoms with Crippen LogP contribution in [0.15, 0.2) is 0 Å². The lowest BCUT2D eigenvalue weighted by atomic mass is 10.5. The van der Waals surface area contributed by atoms with Crippen molar-refractivity contribution in [3.63, 3.8) is 0 Å². The van der Waals surface area contributed by atoms with Crippen molar-refractivity contribution in [1.82, 2.24) is 10.2 Å². The summed E-state index contributed by atoms with van der Waals surface area (Å²) in [5.41, 5.74) is 0. The quantitative estimate of drug-likeness (QED) is 0.716. The van der Waals surface area contributed by atoms with Gasteiger partial charge in [0.15, 0.2) is 0 Å². The second kappa shape index (κ2) is 20.7. The molecule has 1 fully saturated rings. The molecule has 0 amide bonds. The van der Waals surface area contributed by atoms with Crippen molar-refractivity contribution in [3.8, 4) is 0 Å². The molecule has 146 valence electrons. The molecule has 0 atom stereocenters. The summed E-state index contributed by atoms with van der Waals surface area (Å²) in [5.74, 6) is 0. The summed E-state index contributed by atoms with van der Waals surface area (Å²) in [5, 5.41) is 3.07. The first kappa shape index (κ1) is 23.7. The number of methoxy groups -OCH3 is 1. The normalized spacial score (nSPS) is 19.1. The number of hydrogen-bond acceptors (Lipinski definition) is 8. The van der Waals surface area contributed by atoms with Gasteiger partial charge in [-0.25, -0.2) is 0 Å². The Labute approximate surface area is 146 Å². The number of nitrogens with one attached hydrogen (secondary N) is 1. The van der Waals surface area contributed by atoms with Gasteiger partial charge in [0, 0.05) is 33.4 Å². The van der Waals surface area contributed by atoms with Gasteiger partial charge in [-0.3, -0.25) is 10.2 Å². The second-order valence-electron chi connectivity index (χ2n) is 5.16. The predicted molar refractivity (Wildman–Crippen MR) is 91.5 cm³/mol. The van der Waals surface area contributed by atoms with Crippen LogP contribution >= 0.6 is 0 Å². The molecule has 1 saturated heterocycles. The third-order valence-electron chi connectivity index (χ3n) is 2.82. The number of nitrogens with zero attached hydrogens (tertiary/aromatic N) is 1. The van der Waals surface area contributed by atoms with Crippen LogP contribution in [0.25, 0.3) is 0 Å². The third-order valence-corrected chi connectivity index (χ3v) is 2.82. The standard InChI is InChI=1S/C12H26N2O5.C4H10O/c1-2-5-15-9-14-4-7-17-11-16-6-3-13-8-18-12-19-10-14;1-3-4-5-2/h13H,2-12H2,1H3;3-4H2,1-2H3. The van der Waals surface area contributed by atoms with E-state index in [2.05, 4.69) is 19.2 Å². The summed E-state index contributed by atoms with van der Waals surface area (Å²) in [7, 11) is 1.71. The molecule has 8 nitrogen and oxygen atoms in total. The van der Waals surface area contributed by atoms with Crippen LogP contribution in [0.1, 0.15) is 26.7 Å². The summed E-state index contributed by atoms with van der Waals surface area (Å²) in [6.07, 6.45) is 2.13. The van der Waals surface area contributed by atoms with Crippen LogP contribution in [0, 0.1) is 0 Å². The monoisotopic (exact) mass is 352 g/mol. The van der Waals surface area contributed by atoms with Gasteiger partial charge in [-0.2, -0.15) is 0 Å². The Morgan fingerprint density at radius 1 is 0.958 bits per heavy atom. The average Bonchev–Trinajstić information content (AvgIpc) is 2.59. The summed E-state index contributed by atoms with van der Waals surface area (Å²) in [6, 6.07) is 0. The van der Waals surface area contributed by atoms with Gasteiger partial charge in [-0.1, -0.05) is 13.8 Å². The zero-order valence-corrected chi connectivity index (χ0v) is 15.6. The molecule has 0 aromatic heterocycles. The number of ether oxygens (including phenoxy) is 6. The molecular formula is C16H36N2O6. The largest absolute Gasteiger partial charge is 0.385 e. The highest BCUT2D eigenvalue weighted by molar-refractivity contribution is 4.47. The number of hydrogen-bond donors (Lipinski definition) is 1. The molecule has 0 aromatic carbocycles. The first-order valence-corrected chi connectivity index (χ1v) is 8.65. The van der Waals surface area contributed by atoms with E-state index < -0.39 is 0 Å². The van der Waals surface area contributed by atoms with Crippen LogP contribution in [0.2, 0.25) is 0 Å². The molecule has 8 heteroatoms. The fourth-order valence-corrected chi connectivity index (χ4v) is 1.63. The smallest absolute Gasteiger partial charge is 0.150 e. The lowest BCUT2D eigenvalue weighted by Gasteiger charge is -2.22. The van der Waals surface area contributed by atoms with Gasteiger partial charge in [0.1, 0.15) is 27.0 Å². The molecular weight excluding hydrogens is 316 g/mol. The molecule has 0 aromatic rings. The predicted octanol–water partition coefficient (Wildman–Crippen LogP) is 1.21. The van der Waals surface area contributed by atoms with Gasteiger partial charge in [-0.15, -0.1) is 0 Å². The molecule has 1 rings (SSSR count). The second-order valence-corrected chi connectivity index (χ2v) is 5.16. The Morgan fingerprint density at radius 2 is 1.71 bits per heavy atom. The molecule has 0 spiro atoms. The minimum atomic E-state index is 0.263. The fourth-order valence-electron chi connectivity index (χ4n) is 1.63. The van der Waals surface area contributed by atoms with E-state index in [-0.39, 0.29) is 6.79 Å². The zero-order chi connectivity index (χ0) is 17.7. The third kappa shape index (κ3) is 18.0. The van der Waals surface area contributed by atoms with E-state index >= 15 is 0 Å². The summed E-state index contributed by atoms with van der Waals surface area (Å²) >= 11 is 0. The average molecular weight is 352 g/mol. The molecule has 0 unspecified atom stereocenters. The van der Waals surface area contributed by atoms with E-state index in [1.165, 1.54) is 0 Å². The van der Waals surface area contributed by atoms with Gasteiger partial charge in [-0.05, 0) is 12.8 Å². The van der Waals surface area contributed by atoms with Crippen molar-refractivity contribution < 1.29 is 28.4 Å². The van der Waals surface area contributed by atoms with Gasteiger partial charge in [0.05, 0.1) is 19.9 Å². The molecule has 0 bridgehead atoms. The van der Waals surface area contributed by atoms with Crippen LogP contribution in [0.3, 0.4) is 0 Å². The molecule has 1 aliphatic rings. The van der Waals surface area contributed by atoms with E-state index in [1.54, 1.807) is 7.11 Å². The van der Waals surface area contributed by atoms with E-state index in [1.807, 2.05) is 4.90 Å². The molecule has 0 aliphatic carbocycles. The van der Waals surface area contributed by atoms with Crippen molar-refractivity contribution in [2.24, 2.45) is 0 Å². The zero-order valence-electron chi connectivity index (χ0n) is 15.6. The SMILES string of the molecule is CCCOC.CCCOCN1CCOCOCCNCOCOC1. The Balaban J connectivity index is 0.000000922. The highest BCUT2D eigenvalue weighted by atomic mass is 16.7. The van der Waals surface area contributed by atoms with Gasteiger partial charge in [0.2, 0.25) is 0 Å². The van der Waals surface area contributed by atoms with E-state index in [0.29, 0.717) is 40.2 Å². The van der Waals surface area contributed by atoms with E-state index in [4.69, 9.17) is 28.4 Å². The number of rotatable bonds is 6. The van der Waals surface area contributed by atoms with Crippen LogP contribution in [-0.2, 0) is 28.4 Å². The first-order valence-electron chi connectivity index (χ1n) is 8.65. The van der Waals surface area contributed by atoms with Crippen molar-refractivity contribution in [2.45, 2.75) is 26.7 Å².